The van der Waals surface area contributed by atoms with Gasteiger partial charge in [0.1, 0.15) is 6.17 Å². The molecule has 10 heteroatoms. The van der Waals surface area contributed by atoms with Crippen molar-refractivity contribution in [1.82, 2.24) is 15.8 Å². The van der Waals surface area contributed by atoms with E-state index in [0.29, 0.717) is 36.1 Å². The van der Waals surface area contributed by atoms with Crippen LogP contribution in [0.15, 0.2) is 23.1 Å². The van der Waals surface area contributed by atoms with Crippen molar-refractivity contribution in [3.63, 3.8) is 0 Å². The SMILES string of the molecule is CS(=O)c1cc(NC2NN([C@H]3COCC[C@@H]3C#N)C3CCNC(=O)C23)ccc1Cl. The molecule has 3 heterocycles. The summed E-state index contributed by atoms with van der Waals surface area (Å²) in [5.74, 6) is -0.492. The summed E-state index contributed by atoms with van der Waals surface area (Å²) >= 11 is 6.15. The van der Waals surface area contributed by atoms with Crippen molar-refractivity contribution in [2.45, 2.75) is 36.0 Å². The summed E-state index contributed by atoms with van der Waals surface area (Å²) in [7, 11) is -1.22. The molecule has 0 radical (unpaired) electrons. The van der Waals surface area contributed by atoms with Gasteiger partial charge in [-0.2, -0.15) is 5.26 Å². The van der Waals surface area contributed by atoms with Crippen LogP contribution in [0.5, 0.6) is 0 Å². The van der Waals surface area contributed by atoms with Crippen molar-refractivity contribution in [2.24, 2.45) is 11.8 Å². The van der Waals surface area contributed by atoms with Crippen LogP contribution in [0.3, 0.4) is 0 Å². The van der Waals surface area contributed by atoms with E-state index < -0.39 is 10.8 Å². The number of fused-ring (bicyclic) bond motifs is 1. The minimum Gasteiger partial charge on any atom is -0.380 e. The summed E-state index contributed by atoms with van der Waals surface area (Å²) in [6.45, 7) is 1.65. The number of anilines is 1. The molecule has 3 saturated heterocycles. The minimum absolute atomic E-state index is 0.0211. The van der Waals surface area contributed by atoms with Crippen LogP contribution in [-0.4, -0.2) is 59.4 Å². The highest BCUT2D eigenvalue weighted by atomic mass is 35.5. The lowest BCUT2D eigenvalue weighted by atomic mass is 9.88. The molecule has 8 nitrogen and oxygen atoms in total. The zero-order valence-corrected chi connectivity index (χ0v) is 17.6. The maximum absolute atomic E-state index is 12.7. The van der Waals surface area contributed by atoms with E-state index in [1.807, 2.05) is 0 Å². The third-order valence-corrected chi connectivity index (χ3v) is 7.27. The van der Waals surface area contributed by atoms with E-state index in [2.05, 4.69) is 27.1 Å². The second-order valence-electron chi connectivity index (χ2n) is 7.60. The maximum atomic E-state index is 12.7. The Morgan fingerprint density at radius 2 is 2.21 bits per heavy atom. The fourth-order valence-electron chi connectivity index (χ4n) is 4.44. The van der Waals surface area contributed by atoms with E-state index in [4.69, 9.17) is 16.3 Å². The molecule has 3 aliphatic heterocycles. The molecule has 0 saturated carbocycles. The highest BCUT2D eigenvalue weighted by Gasteiger charge is 2.51. The van der Waals surface area contributed by atoms with Crippen LogP contribution in [0.4, 0.5) is 5.69 Å². The largest absolute Gasteiger partial charge is 0.380 e. The summed E-state index contributed by atoms with van der Waals surface area (Å²) in [4.78, 5) is 13.2. The van der Waals surface area contributed by atoms with Gasteiger partial charge in [-0.1, -0.05) is 11.6 Å². The highest BCUT2D eigenvalue weighted by molar-refractivity contribution is 7.84. The first kappa shape index (κ1) is 20.6. The predicted octanol–water partition coefficient (Wildman–Crippen LogP) is 1.07. The van der Waals surface area contributed by atoms with Crippen LogP contribution in [-0.2, 0) is 20.3 Å². The molecule has 0 spiro atoms. The number of nitrogens with zero attached hydrogens (tertiary/aromatic N) is 2. The Balaban J connectivity index is 1.60. The number of hydrogen-bond donors (Lipinski definition) is 3. The Labute approximate surface area is 177 Å². The zero-order chi connectivity index (χ0) is 20.5. The van der Waals surface area contributed by atoms with Gasteiger partial charge in [0.15, 0.2) is 0 Å². The van der Waals surface area contributed by atoms with Crippen molar-refractivity contribution in [1.29, 1.82) is 5.26 Å². The molecular formula is C19H24ClN5O3S. The van der Waals surface area contributed by atoms with E-state index in [9.17, 15) is 14.3 Å². The third kappa shape index (κ3) is 4.00. The van der Waals surface area contributed by atoms with Gasteiger partial charge >= 0.3 is 0 Å². The number of carbonyl (C=O) groups is 1. The summed E-state index contributed by atoms with van der Waals surface area (Å²) in [6, 6.07) is 7.51. The molecule has 1 aromatic rings. The van der Waals surface area contributed by atoms with Gasteiger partial charge in [-0.25, -0.2) is 10.4 Å². The van der Waals surface area contributed by atoms with Gasteiger partial charge in [0.2, 0.25) is 5.91 Å². The van der Waals surface area contributed by atoms with Crippen molar-refractivity contribution >= 4 is 34.0 Å². The van der Waals surface area contributed by atoms with Crippen molar-refractivity contribution in [3.8, 4) is 6.07 Å². The number of halogens is 1. The molecule has 4 rings (SSSR count). The van der Waals surface area contributed by atoms with Crippen molar-refractivity contribution in [2.75, 3.05) is 31.3 Å². The van der Waals surface area contributed by atoms with Crippen LogP contribution < -0.4 is 16.1 Å². The van der Waals surface area contributed by atoms with Gasteiger partial charge in [-0.3, -0.25) is 9.00 Å². The first-order chi connectivity index (χ1) is 14.0. The Morgan fingerprint density at radius 1 is 1.38 bits per heavy atom. The second-order valence-corrected chi connectivity index (χ2v) is 9.35. The fraction of sp³-hybridized carbons (Fsp3) is 0.579. The number of hydrazine groups is 1. The third-order valence-electron chi connectivity index (χ3n) is 5.87. The lowest BCUT2D eigenvalue weighted by Crippen LogP contribution is -2.56. The number of rotatable bonds is 4. The standard InChI is InChI=1S/C19H24ClN5O3S/c1-29(27)16-8-12(2-3-13(16)20)23-18-17-14(4-6-22-19(17)26)25(24-18)15-10-28-7-5-11(15)9-21/h2-3,8,11,14-15,17-18,23-24H,4-7,10H2,1H3,(H,22,26)/t11-,14?,15+,17?,18?,29?/m1/s1. The first-order valence-corrected chi connectivity index (χ1v) is 11.6. The lowest BCUT2D eigenvalue weighted by Gasteiger charge is -2.39. The molecule has 1 amide bonds. The lowest BCUT2D eigenvalue weighted by molar-refractivity contribution is -0.128. The van der Waals surface area contributed by atoms with Crippen molar-refractivity contribution in [3.05, 3.63) is 23.2 Å². The number of ether oxygens (including phenoxy) is 1. The smallest absolute Gasteiger partial charge is 0.228 e. The molecular weight excluding hydrogens is 414 g/mol. The fourth-order valence-corrected chi connectivity index (χ4v) is 5.52. The monoisotopic (exact) mass is 437 g/mol. The summed E-state index contributed by atoms with van der Waals surface area (Å²) in [5.41, 5.74) is 4.16. The minimum atomic E-state index is -1.22. The van der Waals surface area contributed by atoms with Crippen LogP contribution in [0.25, 0.3) is 0 Å². The van der Waals surface area contributed by atoms with E-state index in [0.717, 1.165) is 12.1 Å². The van der Waals surface area contributed by atoms with Gasteiger partial charge < -0.3 is 15.4 Å². The number of benzene rings is 1. The van der Waals surface area contributed by atoms with Crippen LogP contribution >= 0.6 is 11.6 Å². The molecule has 3 N–H and O–H groups in total. The normalized spacial score (nSPS) is 33.4. The van der Waals surface area contributed by atoms with E-state index in [-0.39, 0.29) is 36.0 Å². The van der Waals surface area contributed by atoms with Gasteiger partial charge in [-0.05, 0) is 31.0 Å². The summed E-state index contributed by atoms with van der Waals surface area (Å²) in [6.07, 6.45) is 2.70. The molecule has 6 atom stereocenters. The number of nitrogens with one attached hydrogen (secondary N) is 3. The molecule has 1 aromatic carbocycles. The van der Waals surface area contributed by atoms with Gasteiger partial charge in [0, 0.05) is 31.1 Å². The molecule has 3 aliphatic rings. The van der Waals surface area contributed by atoms with E-state index in [1.54, 1.807) is 24.5 Å². The Morgan fingerprint density at radius 3 is 2.97 bits per heavy atom. The highest BCUT2D eigenvalue weighted by Crippen LogP contribution is 2.34. The van der Waals surface area contributed by atoms with Gasteiger partial charge in [0.25, 0.3) is 0 Å². The number of piperidine rings is 1. The Hall–Kier alpha value is -1.70. The summed E-state index contributed by atoms with van der Waals surface area (Å²) < 4.78 is 17.6. The number of amides is 1. The quantitative estimate of drug-likeness (QED) is 0.646. The molecule has 29 heavy (non-hydrogen) atoms. The van der Waals surface area contributed by atoms with Crippen LogP contribution in [0, 0.1) is 23.2 Å². The average Bonchev–Trinajstić information content (AvgIpc) is 3.08. The van der Waals surface area contributed by atoms with Crippen LogP contribution in [0.1, 0.15) is 12.8 Å². The molecule has 0 aliphatic carbocycles. The zero-order valence-electron chi connectivity index (χ0n) is 16.1. The number of hydrogen-bond acceptors (Lipinski definition) is 7. The molecule has 4 unspecified atom stereocenters. The Kier molecular flexibility index (Phi) is 6.08. The summed E-state index contributed by atoms with van der Waals surface area (Å²) in [5, 5.41) is 18.4. The molecule has 156 valence electrons. The number of carbonyl (C=O) groups excluding carboxylic acids is 1. The predicted molar refractivity (Wildman–Crippen MR) is 109 cm³/mol. The average molecular weight is 438 g/mol. The molecule has 0 aromatic heterocycles. The van der Waals surface area contributed by atoms with Gasteiger partial charge in [0.05, 0.1) is 51.3 Å². The number of nitriles is 1. The topological polar surface area (TPSA) is 106 Å². The second kappa shape index (κ2) is 8.58. The molecule has 0 bridgehead atoms. The maximum Gasteiger partial charge on any atom is 0.228 e. The van der Waals surface area contributed by atoms with Crippen LogP contribution in [0.2, 0.25) is 5.02 Å². The van der Waals surface area contributed by atoms with Crippen molar-refractivity contribution < 1.29 is 13.7 Å². The first-order valence-electron chi connectivity index (χ1n) is 9.68. The van der Waals surface area contributed by atoms with E-state index >= 15 is 0 Å². The van der Waals surface area contributed by atoms with E-state index in [1.165, 1.54) is 0 Å². The molecule has 3 fully saturated rings. The Bertz CT molecular complexity index is 863. The van der Waals surface area contributed by atoms with Gasteiger partial charge in [-0.15, -0.1) is 0 Å².